The minimum Gasteiger partial charge on any atom is -0.381 e. The van der Waals surface area contributed by atoms with Crippen molar-refractivity contribution >= 4 is 11.9 Å². The van der Waals surface area contributed by atoms with Gasteiger partial charge in [0.05, 0.1) is 6.54 Å². The summed E-state index contributed by atoms with van der Waals surface area (Å²) in [5.74, 6) is 1.32. The number of hydrogen-bond acceptors (Lipinski definition) is 4. The Kier molecular flexibility index (Phi) is 7.52. The highest BCUT2D eigenvalue weighted by molar-refractivity contribution is 5.81. The van der Waals surface area contributed by atoms with Crippen molar-refractivity contribution in [2.24, 2.45) is 10.9 Å². The van der Waals surface area contributed by atoms with E-state index in [1.165, 1.54) is 25.9 Å². The first-order valence-electron chi connectivity index (χ1n) is 12.4. The van der Waals surface area contributed by atoms with Crippen LogP contribution in [-0.2, 0) is 9.53 Å². The summed E-state index contributed by atoms with van der Waals surface area (Å²) in [5, 5.41) is 10.3. The van der Waals surface area contributed by atoms with Gasteiger partial charge in [-0.25, -0.2) is 0 Å². The molecule has 2 unspecified atom stereocenters. The zero-order chi connectivity index (χ0) is 20.8. The van der Waals surface area contributed by atoms with Crippen molar-refractivity contribution in [3.05, 3.63) is 0 Å². The summed E-state index contributed by atoms with van der Waals surface area (Å²) >= 11 is 0. The number of ether oxygens (including phenoxy) is 1. The molecule has 0 aromatic carbocycles. The molecule has 4 rings (SSSR count). The summed E-state index contributed by atoms with van der Waals surface area (Å²) in [4.78, 5) is 20.3. The number of nitrogens with zero attached hydrogens (tertiary/aromatic N) is 2. The Morgan fingerprint density at radius 1 is 1.03 bits per heavy atom. The number of amides is 1. The predicted molar refractivity (Wildman–Crippen MR) is 120 cm³/mol. The number of hydrogen-bond donors (Lipinski definition) is 3. The third kappa shape index (κ3) is 5.67. The lowest BCUT2D eigenvalue weighted by atomic mass is 9.85. The van der Waals surface area contributed by atoms with E-state index in [1.54, 1.807) is 0 Å². The van der Waals surface area contributed by atoms with Gasteiger partial charge in [0.1, 0.15) is 0 Å². The smallest absolute Gasteiger partial charge is 0.223 e. The van der Waals surface area contributed by atoms with Crippen molar-refractivity contribution in [3.63, 3.8) is 0 Å². The lowest BCUT2D eigenvalue weighted by Gasteiger charge is -2.43. The fraction of sp³-hybridized carbons (Fsp3) is 0.913. The fourth-order valence-corrected chi connectivity index (χ4v) is 5.36. The Balaban J connectivity index is 1.37. The highest BCUT2D eigenvalue weighted by Gasteiger charge is 2.39. The lowest BCUT2D eigenvalue weighted by molar-refractivity contribution is -0.126. The molecule has 3 N–H and O–H groups in total. The zero-order valence-corrected chi connectivity index (χ0v) is 18.8. The lowest BCUT2D eigenvalue weighted by Crippen LogP contribution is -2.54. The van der Waals surface area contributed by atoms with Gasteiger partial charge < -0.3 is 20.7 Å². The molecule has 0 radical (unpaired) electrons. The number of rotatable bonds is 7. The highest BCUT2D eigenvalue weighted by Crippen LogP contribution is 2.32. The Labute approximate surface area is 181 Å². The number of guanidine groups is 1. The first-order chi connectivity index (χ1) is 14.7. The quantitative estimate of drug-likeness (QED) is 0.435. The van der Waals surface area contributed by atoms with E-state index in [1.807, 2.05) is 0 Å². The van der Waals surface area contributed by atoms with Crippen LogP contribution in [0, 0.1) is 5.92 Å². The van der Waals surface area contributed by atoms with Crippen LogP contribution in [0.15, 0.2) is 4.99 Å². The van der Waals surface area contributed by atoms with E-state index in [4.69, 9.17) is 9.73 Å². The zero-order valence-electron chi connectivity index (χ0n) is 18.8. The summed E-state index contributed by atoms with van der Waals surface area (Å²) in [6.45, 7) is 7.87. The van der Waals surface area contributed by atoms with Gasteiger partial charge in [-0.3, -0.25) is 14.7 Å². The number of aliphatic imine (C=N–C) groups is 1. The number of likely N-dealkylation sites (tertiary alicyclic amines) is 1. The molecule has 1 amide bonds. The molecule has 2 saturated carbocycles. The van der Waals surface area contributed by atoms with Crippen LogP contribution in [0.3, 0.4) is 0 Å². The third-order valence-corrected chi connectivity index (χ3v) is 7.39. The summed E-state index contributed by atoms with van der Waals surface area (Å²) < 4.78 is 5.68. The first-order valence-corrected chi connectivity index (χ1v) is 12.4. The Morgan fingerprint density at radius 2 is 1.80 bits per heavy atom. The Hall–Kier alpha value is -1.34. The predicted octanol–water partition coefficient (Wildman–Crippen LogP) is 2.02. The van der Waals surface area contributed by atoms with Crippen LogP contribution < -0.4 is 16.0 Å². The topological polar surface area (TPSA) is 78.0 Å². The second-order valence-corrected chi connectivity index (χ2v) is 9.71. The maximum absolute atomic E-state index is 12.5. The number of nitrogens with one attached hydrogen (secondary N) is 3. The van der Waals surface area contributed by atoms with Crippen LogP contribution in [0.25, 0.3) is 0 Å². The SMILES string of the molecule is CCNC(=NCC1(N2CCCC2)CCOCC1)NC1CCCC(C(=O)NC2CC2)C1. The molecular weight excluding hydrogens is 378 g/mol. The van der Waals surface area contributed by atoms with E-state index in [9.17, 15) is 4.79 Å². The summed E-state index contributed by atoms with van der Waals surface area (Å²) in [6, 6.07) is 0.773. The van der Waals surface area contributed by atoms with Crippen LogP contribution in [0.2, 0.25) is 0 Å². The highest BCUT2D eigenvalue weighted by atomic mass is 16.5. The molecule has 0 aromatic rings. The maximum atomic E-state index is 12.5. The molecule has 7 heteroatoms. The van der Waals surface area contributed by atoms with Crippen molar-refractivity contribution in [3.8, 4) is 0 Å². The average Bonchev–Trinajstić information content (AvgIpc) is 3.40. The fourth-order valence-electron chi connectivity index (χ4n) is 5.36. The molecule has 2 aliphatic heterocycles. The molecule has 0 spiro atoms. The number of carbonyl (C=O) groups is 1. The van der Waals surface area contributed by atoms with Crippen molar-refractivity contribution in [2.45, 2.75) is 88.8 Å². The van der Waals surface area contributed by atoms with Gasteiger partial charge in [0.15, 0.2) is 5.96 Å². The van der Waals surface area contributed by atoms with Crippen LogP contribution in [-0.4, -0.2) is 73.8 Å². The maximum Gasteiger partial charge on any atom is 0.223 e. The van der Waals surface area contributed by atoms with Gasteiger partial charge in [0.25, 0.3) is 0 Å². The molecule has 7 nitrogen and oxygen atoms in total. The van der Waals surface area contributed by atoms with Crippen LogP contribution in [0.4, 0.5) is 0 Å². The summed E-state index contributed by atoms with van der Waals surface area (Å²) in [5.41, 5.74) is 0.149. The second kappa shape index (κ2) is 10.3. The first kappa shape index (κ1) is 21.9. The standard InChI is InChI=1S/C23H41N5O2/c1-2-24-22(25-17-23(10-14-30-15-11-23)28-12-3-4-13-28)27-20-7-5-6-18(16-20)21(29)26-19-8-9-19/h18-20H,2-17H2,1H3,(H,26,29)(H2,24,25,27). The second-order valence-electron chi connectivity index (χ2n) is 9.71. The van der Waals surface area contributed by atoms with Gasteiger partial charge in [-0.15, -0.1) is 0 Å². The molecule has 2 aliphatic carbocycles. The molecule has 4 fully saturated rings. The van der Waals surface area contributed by atoms with E-state index in [2.05, 4.69) is 27.8 Å². The van der Waals surface area contributed by atoms with Crippen molar-refractivity contribution in [2.75, 3.05) is 39.4 Å². The largest absolute Gasteiger partial charge is 0.381 e. The van der Waals surface area contributed by atoms with Gasteiger partial charge in [0, 0.05) is 43.3 Å². The van der Waals surface area contributed by atoms with Gasteiger partial charge >= 0.3 is 0 Å². The van der Waals surface area contributed by atoms with E-state index in [0.717, 1.165) is 83.6 Å². The Bertz CT molecular complexity index is 594. The van der Waals surface area contributed by atoms with Crippen LogP contribution >= 0.6 is 0 Å². The molecule has 2 atom stereocenters. The molecule has 2 heterocycles. The third-order valence-electron chi connectivity index (χ3n) is 7.39. The van der Waals surface area contributed by atoms with Gasteiger partial charge in [-0.2, -0.15) is 0 Å². The monoisotopic (exact) mass is 419 g/mol. The van der Waals surface area contributed by atoms with Crippen molar-refractivity contribution in [1.29, 1.82) is 0 Å². The normalized spacial score (nSPS) is 30.1. The Morgan fingerprint density at radius 3 is 2.50 bits per heavy atom. The van der Waals surface area contributed by atoms with Crippen LogP contribution in [0.5, 0.6) is 0 Å². The summed E-state index contributed by atoms with van der Waals surface area (Å²) in [6.07, 6.45) is 11.2. The molecule has 2 saturated heterocycles. The van der Waals surface area contributed by atoms with E-state index >= 15 is 0 Å². The molecule has 30 heavy (non-hydrogen) atoms. The number of carbonyl (C=O) groups excluding carboxylic acids is 1. The van der Waals surface area contributed by atoms with Crippen LogP contribution in [0.1, 0.15) is 71.1 Å². The molecule has 0 aromatic heterocycles. The molecular formula is C23H41N5O2. The molecule has 0 bridgehead atoms. The van der Waals surface area contributed by atoms with E-state index in [0.29, 0.717) is 12.1 Å². The molecule has 170 valence electrons. The van der Waals surface area contributed by atoms with E-state index in [-0.39, 0.29) is 17.4 Å². The van der Waals surface area contributed by atoms with Gasteiger partial charge in [0.2, 0.25) is 5.91 Å². The van der Waals surface area contributed by atoms with Crippen molar-refractivity contribution < 1.29 is 9.53 Å². The minimum absolute atomic E-state index is 0.145. The van der Waals surface area contributed by atoms with Crippen molar-refractivity contribution in [1.82, 2.24) is 20.9 Å². The summed E-state index contributed by atoms with van der Waals surface area (Å²) in [7, 11) is 0. The minimum atomic E-state index is 0.145. The van der Waals surface area contributed by atoms with Gasteiger partial charge in [-0.05, 0) is 77.8 Å². The average molecular weight is 420 g/mol. The van der Waals surface area contributed by atoms with Gasteiger partial charge in [-0.1, -0.05) is 6.42 Å². The van der Waals surface area contributed by atoms with E-state index < -0.39 is 0 Å². The molecule has 4 aliphatic rings.